The number of nitrogens with one attached hydrogen (secondary N) is 5. The Balaban J connectivity index is 1.57. The van der Waals surface area contributed by atoms with Gasteiger partial charge in [0.15, 0.2) is 0 Å². The summed E-state index contributed by atoms with van der Waals surface area (Å²) in [5, 5.41) is 21.7. The number of hydrogen-bond donors (Lipinski definition) is 9. The van der Waals surface area contributed by atoms with E-state index in [4.69, 9.17) is 17.2 Å². The standard InChI is InChI=1S/C41H54N8O6/c42-21-11-9-19-33(38(51)49-35(24-28-15-5-2-6-16-28)39(52)47-34(41(54)55)20-10-12-22-43)46-40(53)36(25-29-26-45-32-18-8-7-17-30(29)32)48-37(50)31(44)23-27-13-3-1-4-14-27/h1-8,13-18,26,31,33-36,45H,9-12,19-25,42-44H2,(H,46,53)(H,47,52)(H,48,50)(H,49,51)(H,54,55)/t31-,33-,34-,35-,36-/m0/s1. The summed E-state index contributed by atoms with van der Waals surface area (Å²) in [5.41, 5.74) is 20.9. The highest BCUT2D eigenvalue weighted by molar-refractivity contribution is 5.96. The monoisotopic (exact) mass is 754 g/mol. The molecule has 12 N–H and O–H groups in total. The van der Waals surface area contributed by atoms with E-state index in [-0.39, 0.29) is 32.1 Å². The minimum atomic E-state index is -1.20. The first kappa shape index (κ1) is 42.2. The topological polar surface area (TPSA) is 248 Å². The van der Waals surface area contributed by atoms with Crippen LogP contribution in [0.3, 0.4) is 0 Å². The predicted molar refractivity (Wildman–Crippen MR) is 211 cm³/mol. The van der Waals surface area contributed by atoms with E-state index < -0.39 is 59.8 Å². The zero-order valence-electron chi connectivity index (χ0n) is 31.0. The van der Waals surface area contributed by atoms with Gasteiger partial charge in [0.25, 0.3) is 0 Å². The number of hydrogen-bond acceptors (Lipinski definition) is 8. The average Bonchev–Trinajstić information content (AvgIpc) is 3.59. The predicted octanol–water partition coefficient (Wildman–Crippen LogP) is 1.80. The number of carboxylic acid groups (broad SMARTS) is 1. The Labute approximate surface area is 321 Å². The van der Waals surface area contributed by atoms with Crippen molar-refractivity contribution >= 4 is 40.5 Å². The Morgan fingerprint density at radius 2 is 1.04 bits per heavy atom. The fraction of sp³-hybridized carbons (Fsp3) is 0.390. The Kier molecular flexibility index (Phi) is 16.8. The Hall–Kier alpha value is -5.57. The first-order valence-corrected chi connectivity index (χ1v) is 18.8. The van der Waals surface area contributed by atoms with Gasteiger partial charge in [0, 0.05) is 29.9 Å². The van der Waals surface area contributed by atoms with Crippen LogP contribution in [0.4, 0.5) is 0 Å². The molecule has 0 saturated carbocycles. The van der Waals surface area contributed by atoms with Crippen molar-refractivity contribution in [3.63, 3.8) is 0 Å². The fourth-order valence-corrected chi connectivity index (χ4v) is 6.36. The number of aliphatic carboxylic acids is 1. The van der Waals surface area contributed by atoms with Crippen molar-refractivity contribution in [3.8, 4) is 0 Å². The summed E-state index contributed by atoms with van der Waals surface area (Å²) in [6.45, 7) is 0.748. The molecular formula is C41H54N8O6. The number of fused-ring (bicyclic) bond motifs is 1. The Morgan fingerprint density at radius 1 is 0.564 bits per heavy atom. The van der Waals surface area contributed by atoms with Crippen molar-refractivity contribution in [1.29, 1.82) is 0 Å². The number of benzene rings is 3. The molecule has 4 amide bonds. The quantitative estimate of drug-likeness (QED) is 0.0501. The number of unbranched alkanes of at least 4 members (excludes halogenated alkanes) is 2. The summed E-state index contributed by atoms with van der Waals surface area (Å²) in [7, 11) is 0. The molecule has 0 fully saturated rings. The van der Waals surface area contributed by atoms with Crippen LogP contribution in [0.25, 0.3) is 10.9 Å². The van der Waals surface area contributed by atoms with E-state index >= 15 is 0 Å². The van der Waals surface area contributed by atoms with Crippen LogP contribution in [0.5, 0.6) is 0 Å². The number of amides is 4. The summed E-state index contributed by atoms with van der Waals surface area (Å²) < 4.78 is 0. The van der Waals surface area contributed by atoms with Gasteiger partial charge in [-0.25, -0.2) is 4.79 Å². The maximum atomic E-state index is 14.2. The van der Waals surface area contributed by atoms with Crippen LogP contribution in [0.1, 0.15) is 55.2 Å². The number of aromatic amines is 1. The van der Waals surface area contributed by atoms with E-state index in [0.717, 1.165) is 27.6 Å². The van der Waals surface area contributed by atoms with Gasteiger partial charge in [-0.15, -0.1) is 0 Å². The van der Waals surface area contributed by atoms with Gasteiger partial charge < -0.3 is 48.6 Å². The number of carboxylic acids is 1. The second kappa shape index (κ2) is 22.0. The molecule has 1 aromatic heterocycles. The number of carbonyl (C=O) groups excluding carboxylic acids is 4. The molecule has 4 rings (SSSR count). The molecular weight excluding hydrogens is 701 g/mol. The molecule has 55 heavy (non-hydrogen) atoms. The van der Waals surface area contributed by atoms with Gasteiger partial charge in [0.2, 0.25) is 23.6 Å². The van der Waals surface area contributed by atoms with Gasteiger partial charge in [0.1, 0.15) is 24.2 Å². The molecule has 1 heterocycles. The summed E-state index contributed by atoms with van der Waals surface area (Å²) >= 11 is 0. The molecule has 0 radical (unpaired) electrons. The number of H-pyrrole nitrogens is 1. The molecule has 4 aromatic rings. The normalized spacial score (nSPS) is 13.9. The molecule has 14 heteroatoms. The van der Waals surface area contributed by atoms with Gasteiger partial charge in [-0.05, 0) is 80.8 Å². The van der Waals surface area contributed by atoms with Gasteiger partial charge in [0.05, 0.1) is 6.04 Å². The van der Waals surface area contributed by atoms with Crippen LogP contribution in [0, 0.1) is 0 Å². The first-order chi connectivity index (χ1) is 26.6. The summed E-state index contributed by atoms with van der Waals surface area (Å²) in [6.07, 6.45) is 4.67. The highest BCUT2D eigenvalue weighted by atomic mass is 16.4. The van der Waals surface area contributed by atoms with E-state index in [1.807, 2.05) is 60.7 Å². The van der Waals surface area contributed by atoms with Crippen molar-refractivity contribution < 1.29 is 29.1 Å². The van der Waals surface area contributed by atoms with Crippen molar-refractivity contribution in [2.45, 2.75) is 88.0 Å². The van der Waals surface area contributed by atoms with Crippen LogP contribution in [0.2, 0.25) is 0 Å². The lowest BCUT2D eigenvalue weighted by atomic mass is 10.0. The summed E-state index contributed by atoms with van der Waals surface area (Å²) in [6, 6.07) is 20.3. The van der Waals surface area contributed by atoms with Crippen molar-refractivity contribution in [1.82, 2.24) is 26.3 Å². The molecule has 0 bridgehead atoms. The van der Waals surface area contributed by atoms with Crippen molar-refractivity contribution in [3.05, 3.63) is 108 Å². The number of para-hydroxylation sites is 1. The fourth-order valence-electron chi connectivity index (χ4n) is 6.36. The molecule has 0 saturated heterocycles. The molecule has 0 aliphatic carbocycles. The van der Waals surface area contributed by atoms with E-state index in [0.29, 0.717) is 38.8 Å². The van der Waals surface area contributed by atoms with Crippen LogP contribution in [-0.2, 0) is 43.2 Å². The van der Waals surface area contributed by atoms with Crippen LogP contribution >= 0.6 is 0 Å². The zero-order valence-corrected chi connectivity index (χ0v) is 31.0. The SMILES string of the molecule is NCCCC[C@H](NC(=O)[C@H](Cc1ccccc1)NC(=O)[C@H](CCCCN)NC(=O)[C@H](Cc1c[nH]c2ccccc12)NC(=O)[C@@H](N)Cc1ccccc1)C(=O)O. The minimum Gasteiger partial charge on any atom is -0.480 e. The molecule has 0 unspecified atom stereocenters. The van der Waals surface area contributed by atoms with Crippen LogP contribution in [-0.4, -0.2) is 83.0 Å². The molecule has 0 aliphatic heterocycles. The van der Waals surface area contributed by atoms with Gasteiger partial charge in [-0.3, -0.25) is 19.2 Å². The summed E-state index contributed by atoms with van der Waals surface area (Å²) in [5.74, 6) is -3.68. The maximum absolute atomic E-state index is 14.2. The highest BCUT2D eigenvalue weighted by Gasteiger charge is 2.32. The molecule has 0 aliphatic rings. The molecule has 3 aromatic carbocycles. The maximum Gasteiger partial charge on any atom is 0.326 e. The number of aromatic nitrogens is 1. The lowest BCUT2D eigenvalue weighted by molar-refractivity contribution is -0.142. The Bertz CT molecular complexity index is 1840. The number of rotatable bonds is 23. The molecule has 5 atom stereocenters. The first-order valence-electron chi connectivity index (χ1n) is 18.8. The lowest BCUT2D eigenvalue weighted by Gasteiger charge is -2.27. The molecule has 0 spiro atoms. The zero-order chi connectivity index (χ0) is 39.6. The van der Waals surface area contributed by atoms with E-state index in [2.05, 4.69) is 26.3 Å². The van der Waals surface area contributed by atoms with Gasteiger partial charge in [-0.1, -0.05) is 78.9 Å². The lowest BCUT2D eigenvalue weighted by Crippen LogP contribution is -2.59. The molecule has 294 valence electrons. The average molecular weight is 755 g/mol. The highest BCUT2D eigenvalue weighted by Crippen LogP contribution is 2.20. The number of nitrogens with two attached hydrogens (primary N) is 3. The van der Waals surface area contributed by atoms with Crippen molar-refractivity contribution in [2.75, 3.05) is 13.1 Å². The van der Waals surface area contributed by atoms with E-state index in [9.17, 15) is 29.1 Å². The van der Waals surface area contributed by atoms with Crippen LogP contribution < -0.4 is 38.5 Å². The van der Waals surface area contributed by atoms with E-state index in [1.165, 1.54) is 0 Å². The second-order valence-corrected chi connectivity index (χ2v) is 13.7. The van der Waals surface area contributed by atoms with Gasteiger partial charge >= 0.3 is 5.97 Å². The van der Waals surface area contributed by atoms with Gasteiger partial charge in [-0.2, -0.15) is 0 Å². The smallest absolute Gasteiger partial charge is 0.326 e. The second-order valence-electron chi connectivity index (χ2n) is 13.7. The largest absolute Gasteiger partial charge is 0.480 e. The third kappa shape index (κ3) is 13.4. The third-order valence-electron chi connectivity index (χ3n) is 9.42. The minimum absolute atomic E-state index is 0.0650. The van der Waals surface area contributed by atoms with Crippen LogP contribution in [0.15, 0.2) is 91.1 Å². The summed E-state index contributed by atoms with van der Waals surface area (Å²) in [4.78, 5) is 70.7. The third-order valence-corrected chi connectivity index (χ3v) is 9.42. The van der Waals surface area contributed by atoms with Crippen molar-refractivity contribution in [2.24, 2.45) is 17.2 Å². The number of carbonyl (C=O) groups is 5. The Morgan fingerprint density at radius 3 is 1.64 bits per heavy atom. The molecule has 14 nitrogen and oxygen atoms in total. The van der Waals surface area contributed by atoms with E-state index in [1.54, 1.807) is 30.5 Å².